The number of carbonyl (C=O) groups excluding carboxylic acids is 2. The van der Waals surface area contributed by atoms with Crippen molar-refractivity contribution in [1.82, 2.24) is 24.6 Å². The summed E-state index contributed by atoms with van der Waals surface area (Å²) in [5.74, 6) is -0.235. The highest BCUT2D eigenvalue weighted by atomic mass is 16.2. The van der Waals surface area contributed by atoms with Gasteiger partial charge in [0.25, 0.3) is 0 Å². The average molecular weight is 378 g/mol. The summed E-state index contributed by atoms with van der Waals surface area (Å²) < 4.78 is 1.74. The van der Waals surface area contributed by atoms with Crippen LogP contribution in [0, 0.1) is 5.92 Å². The highest BCUT2D eigenvalue weighted by Gasteiger charge is 2.28. The Bertz CT molecular complexity index is 918. The van der Waals surface area contributed by atoms with Crippen molar-refractivity contribution in [3.05, 3.63) is 55.2 Å². The molecule has 2 aromatic heterocycles. The number of H-pyrrole nitrogens is 1. The fourth-order valence-electron chi connectivity index (χ4n) is 3.45. The van der Waals surface area contributed by atoms with Crippen molar-refractivity contribution in [1.29, 1.82) is 0 Å². The van der Waals surface area contributed by atoms with E-state index in [1.807, 2.05) is 30.3 Å². The van der Waals surface area contributed by atoms with Crippen LogP contribution in [0.1, 0.15) is 12.8 Å². The summed E-state index contributed by atoms with van der Waals surface area (Å²) in [6.45, 7) is 1.39. The summed E-state index contributed by atoms with van der Waals surface area (Å²) in [7, 11) is 0. The third-order valence-electron chi connectivity index (χ3n) is 4.99. The van der Waals surface area contributed by atoms with Gasteiger partial charge in [0.15, 0.2) is 0 Å². The largest absolute Gasteiger partial charge is 0.340 e. The first-order chi connectivity index (χ1) is 13.7. The molecule has 1 aliphatic heterocycles. The van der Waals surface area contributed by atoms with Gasteiger partial charge in [-0.2, -0.15) is 5.10 Å². The monoisotopic (exact) mass is 378 g/mol. The fourth-order valence-corrected chi connectivity index (χ4v) is 3.45. The van der Waals surface area contributed by atoms with Crippen molar-refractivity contribution in [2.75, 3.05) is 18.4 Å². The minimum absolute atomic E-state index is 0.0133. The summed E-state index contributed by atoms with van der Waals surface area (Å²) in [6, 6.07) is 9.51. The van der Waals surface area contributed by atoms with Gasteiger partial charge < -0.3 is 14.8 Å². The number of piperidine rings is 1. The normalized spacial score (nSPS) is 16.7. The highest BCUT2D eigenvalue weighted by molar-refractivity contribution is 5.93. The summed E-state index contributed by atoms with van der Waals surface area (Å²) in [4.78, 5) is 30.9. The molecule has 8 heteroatoms. The second-order valence-electron chi connectivity index (χ2n) is 6.95. The maximum absolute atomic E-state index is 12.7. The van der Waals surface area contributed by atoms with Crippen molar-refractivity contribution in [2.24, 2.45) is 5.92 Å². The molecule has 3 heterocycles. The maximum atomic E-state index is 12.7. The molecule has 0 bridgehead atoms. The number of aromatic nitrogens is 4. The van der Waals surface area contributed by atoms with Crippen molar-refractivity contribution in [3.63, 3.8) is 0 Å². The number of rotatable bonds is 5. The first kappa shape index (κ1) is 18.0. The second kappa shape index (κ2) is 8.08. The molecule has 1 saturated heterocycles. The van der Waals surface area contributed by atoms with Crippen molar-refractivity contribution in [2.45, 2.75) is 19.4 Å². The Balaban J connectivity index is 1.34. The Morgan fingerprint density at radius 3 is 2.75 bits per heavy atom. The van der Waals surface area contributed by atoms with Crippen LogP contribution < -0.4 is 5.32 Å². The van der Waals surface area contributed by atoms with Crippen LogP contribution >= 0.6 is 0 Å². The van der Waals surface area contributed by atoms with E-state index in [0.29, 0.717) is 13.1 Å². The van der Waals surface area contributed by atoms with Gasteiger partial charge in [-0.25, -0.2) is 4.98 Å². The first-order valence-corrected chi connectivity index (χ1v) is 9.33. The standard InChI is InChI=1S/C20H22N6O2/c27-19(13-25-11-9-21-14-25)26-10-1-2-16(12-26)20(28)23-17-5-3-15(4-6-17)18-7-8-22-24-18/h3-9,11,14,16H,1-2,10,12-13H2,(H,22,24)(H,23,28). The molecule has 2 amide bonds. The number of hydrogen-bond donors (Lipinski definition) is 2. The molecule has 1 atom stereocenters. The van der Waals surface area contributed by atoms with Gasteiger partial charge in [0.1, 0.15) is 6.54 Å². The molecule has 28 heavy (non-hydrogen) atoms. The number of imidazole rings is 1. The highest BCUT2D eigenvalue weighted by Crippen LogP contribution is 2.22. The van der Waals surface area contributed by atoms with E-state index in [-0.39, 0.29) is 24.3 Å². The SMILES string of the molecule is O=C(Nc1ccc(-c2ccn[nH]2)cc1)C1CCCN(C(=O)Cn2ccnc2)C1. The third-order valence-corrected chi connectivity index (χ3v) is 4.99. The lowest BCUT2D eigenvalue weighted by atomic mass is 9.97. The van der Waals surface area contributed by atoms with Crippen LogP contribution in [0.4, 0.5) is 5.69 Å². The Hall–Kier alpha value is -3.42. The van der Waals surface area contributed by atoms with Crippen LogP contribution in [0.2, 0.25) is 0 Å². The van der Waals surface area contributed by atoms with Crippen LogP contribution in [-0.4, -0.2) is 49.6 Å². The first-order valence-electron chi connectivity index (χ1n) is 9.33. The summed E-state index contributed by atoms with van der Waals surface area (Å²) in [5.41, 5.74) is 2.68. The van der Waals surface area contributed by atoms with Gasteiger partial charge in [-0.3, -0.25) is 14.7 Å². The summed E-state index contributed by atoms with van der Waals surface area (Å²) in [6.07, 6.45) is 8.35. The molecule has 3 aromatic rings. The van der Waals surface area contributed by atoms with Gasteiger partial charge in [-0.1, -0.05) is 12.1 Å². The third kappa shape index (κ3) is 4.11. The molecule has 1 unspecified atom stereocenters. The average Bonchev–Trinajstić information content (AvgIpc) is 3.43. The molecule has 2 N–H and O–H groups in total. The molecule has 0 aliphatic carbocycles. The lowest BCUT2D eigenvalue weighted by Crippen LogP contribution is -2.44. The maximum Gasteiger partial charge on any atom is 0.242 e. The minimum Gasteiger partial charge on any atom is -0.340 e. The quantitative estimate of drug-likeness (QED) is 0.711. The van der Waals surface area contributed by atoms with E-state index in [2.05, 4.69) is 20.5 Å². The van der Waals surface area contributed by atoms with Crippen LogP contribution in [0.25, 0.3) is 11.3 Å². The summed E-state index contributed by atoms with van der Waals surface area (Å²) in [5, 5.41) is 9.83. The predicted octanol–water partition coefficient (Wildman–Crippen LogP) is 2.15. The summed E-state index contributed by atoms with van der Waals surface area (Å²) >= 11 is 0. The van der Waals surface area contributed by atoms with E-state index in [4.69, 9.17) is 0 Å². The molecule has 1 fully saturated rings. The van der Waals surface area contributed by atoms with Crippen LogP contribution in [-0.2, 0) is 16.1 Å². The molecular weight excluding hydrogens is 356 g/mol. The van der Waals surface area contributed by atoms with Gasteiger partial charge in [-0.15, -0.1) is 0 Å². The molecular formula is C20H22N6O2. The van der Waals surface area contributed by atoms with E-state index < -0.39 is 0 Å². The van der Waals surface area contributed by atoms with Crippen LogP contribution in [0.5, 0.6) is 0 Å². The number of anilines is 1. The van der Waals surface area contributed by atoms with Crippen molar-refractivity contribution in [3.8, 4) is 11.3 Å². The minimum atomic E-state index is -0.201. The number of amides is 2. The zero-order valence-corrected chi connectivity index (χ0v) is 15.4. The number of nitrogens with one attached hydrogen (secondary N) is 2. The van der Waals surface area contributed by atoms with E-state index in [1.165, 1.54) is 0 Å². The molecule has 0 radical (unpaired) electrons. The zero-order chi connectivity index (χ0) is 19.3. The van der Waals surface area contributed by atoms with E-state index in [9.17, 15) is 9.59 Å². The molecule has 144 valence electrons. The predicted molar refractivity (Wildman–Crippen MR) is 104 cm³/mol. The second-order valence-corrected chi connectivity index (χ2v) is 6.95. The smallest absolute Gasteiger partial charge is 0.242 e. The zero-order valence-electron chi connectivity index (χ0n) is 15.4. The topological polar surface area (TPSA) is 95.9 Å². The van der Waals surface area contributed by atoms with Gasteiger partial charge in [0.2, 0.25) is 11.8 Å². The number of hydrogen-bond acceptors (Lipinski definition) is 4. The molecule has 0 saturated carbocycles. The number of nitrogens with zero attached hydrogens (tertiary/aromatic N) is 4. The van der Waals surface area contributed by atoms with Gasteiger partial charge >= 0.3 is 0 Å². The lowest BCUT2D eigenvalue weighted by Gasteiger charge is -2.32. The van der Waals surface area contributed by atoms with E-state index in [1.54, 1.807) is 34.4 Å². The molecule has 1 aliphatic rings. The molecule has 0 spiro atoms. The van der Waals surface area contributed by atoms with E-state index in [0.717, 1.165) is 29.8 Å². The van der Waals surface area contributed by atoms with E-state index >= 15 is 0 Å². The fraction of sp³-hybridized carbons (Fsp3) is 0.300. The number of likely N-dealkylation sites (tertiary alicyclic amines) is 1. The van der Waals surface area contributed by atoms with Crippen LogP contribution in [0.3, 0.4) is 0 Å². The van der Waals surface area contributed by atoms with Gasteiger partial charge in [0, 0.05) is 37.4 Å². The Labute approximate surface area is 162 Å². The van der Waals surface area contributed by atoms with Gasteiger partial charge in [-0.05, 0) is 36.6 Å². The lowest BCUT2D eigenvalue weighted by molar-refractivity contribution is -0.135. The molecule has 1 aromatic carbocycles. The Morgan fingerprint density at radius 1 is 1.18 bits per heavy atom. The molecule has 8 nitrogen and oxygen atoms in total. The Morgan fingerprint density at radius 2 is 2.04 bits per heavy atom. The Kier molecular flexibility index (Phi) is 5.18. The van der Waals surface area contributed by atoms with Crippen molar-refractivity contribution >= 4 is 17.5 Å². The number of carbonyl (C=O) groups is 2. The van der Waals surface area contributed by atoms with Gasteiger partial charge in [0.05, 0.1) is 17.9 Å². The van der Waals surface area contributed by atoms with Crippen LogP contribution in [0.15, 0.2) is 55.2 Å². The van der Waals surface area contributed by atoms with Crippen molar-refractivity contribution < 1.29 is 9.59 Å². The number of aromatic amines is 1. The number of benzene rings is 1. The molecule has 4 rings (SSSR count).